The number of rotatable bonds is 34. The molecule has 0 fully saturated rings. The predicted octanol–water partition coefficient (Wildman–Crippen LogP) is 10.4. The van der Waals surface area contributed by atoms with Crippen molar-refractivity contribution in [2.45, 2.75) is 205 Å². The molecule has 1 amide bonds. The first-order valence-corrected chi connectivity index (χ1v) is 19.3. The van der Waals surface area contributed by atoms with Crippen LogP contribution in [0.4, 0.5) is 0 Å². The molecule has 3 atom stereocenters. The number of aliphatic hydroxyl groups is 3. The van der Waals surface area contributed by atoms with Crippen LogP contribution in [-0.4, -0.2) is 46.1 Å². The zero-order valence-electron chi connectivity index (χ0n) is 29.7. The van der Waals surface area contributed by atoms with Gasteiger partial charge >= 0.3 is 0 Å². The zero-order chi connectivity index (χ0) is 33.1. The van der Waals surface area contributed by atoms with E-state index in [9.17, 15) is 20.1 Å². The van der Waals surface area contributed by atoms with E-state index in [1.165, 1.54) is 122 Å². The summed E-state index contributed by atoms with van der Waals surface area (Å²) in [5.74, 6) is -0.531. The van der Waals surface area contributed by atoms with E-state index in [1.54, 1.807) is 6.08 Å². The SMILES string of the molecule is CCCCCCCC/C=C\CCCCC(O)C(=O)NC(CO)C(O)/C=C/CC/C=C/CCCCCCCCCCCCCCC. The highest BCUT2D eigenvalue weighted by Gasteiger charge is 2.22. The van der Waals surface area contributed by atoms with Gasteiger partial charge in [-0.2, -0.15) is 0 Å². The van der Waals surface area contributed by atoms with Crippen molar-refractivity contribution in [2.75, 3.05) is 6.61 Å². The van der Waals surface area contributed by atoms with Gasteiger partial charge in [-0.25, -0.2) is 0 Å². The normalized spacial score (nSPS) is 14.2. The fourth-order valence-electron chi connectivity index (χ4n) is 5.61. The number of aliphatic hydroxyl groups excluding tert-OH is 3. The summed E-state index contributed by atoms with van der Waals surface area (Å²) in [5, 5.41) is 32.9. The molecule has 0 aliphatic carbocycles. The van der Waals surface area contributed by atoms with E-state index in [1.807, 2.05) is 6.08 Å². The third-order valence-corrected chi connectivity index (χ3v) is 8.70. The lowest BCUT2D eigenvalue weighted by Gasteiger charge is -2.21. The lowest BCUT2D eigenvalue weighted by molar-refractivity contribution is -0.131. The third-order valence-electron chi connectivity index (χ3n) is 8.70. The van der Waals surface area contributed by atoms with Gasteiger partial charge in [-0.3, -0.25) is 4.79 Å². The van der Waals surface area contributed by atoms with Crippen LogP contribution in [0.25, 0.3) is 0 Å². The quantitative estimate of drug-likeness (QED) is 0.0419. The number of carbonyl (C=O) groups is 1. The van der Waals surface area contributed by atoms with E-state index in [-0.39, 0.29) is 6.61 Å². The number of hydrogen-bond donors (Lipinski definition) is 4. The van der Waals surface area contributed by atoms with E-state index in [0.717, 1.165) is 44.9 Å². The monoisotopic (exact) mass is 634 g/mol. The van der Waals surface area contributed by atoms with Gasteiger partial charge in [-0.05, 0) is 57.8 Å². The zero-order valence-corrected chi connectivity index (χ0v) is 29.7. The van der Waals surface area contributed by atoms with Crippen LogP contribution in [0.5, 0.6) is 0 Å². The molecule has 0 aromatic carbocycles. The largest absolute Gasteiger partial charge is 0.394 e. The highest BCUT2D eigenvalue weighted by Crippen LogP contribution is 2.13. The van der Waals surface area contributed by atoms with Crippen molar-refractivity contribution in [1.82, 2.24) is 5.32 Å². The second kappa shape index (κ2) is 35.4. The Labute approximate surface area is 279 Å². The van der Waals surface area contributed by atoms with Crippen molar-refractivity contribution in [3.8, 4) is 0 Å². The topological polar surface area (TPSA) is 89.8 Å². The molecule has 0 spiro atoms. The van der Waals surface area contributed by atoms with Gasteiger partial charge in [0.25, 0.3) is 0 Å². The van der Waals surface area contributed by atoms with Crippen LogP contribution in [0.3, 0.4) is 0 Å². The summed E-state index contributed by atoms with van der Waals surface area (Å²) in [6, 6.07) is -0.820. The Balaban J connectivity index is 3.79. The van der Waals surface area contributed by atoms with E-state index < -0.39 is 24.2 Å². The summed E-state index contributed by atoms with van der Waals surface area (Å²) in [4.78, 5) is 12.4. The Bertz CT molecular complexity index is 704. The van der Waals surface area contributed by atoms with Crippen molar-refractivity contribution in [3.05, 3.63) is 36.5 Å². The molecule has 0 bridgehead atoms. The Morgan fingerprint density at radius 2 is 0.911 bits per heavy atom. The summed E-state index contributed by atoms with van der Waals surface area (Å²) < 4.78 is 0. The summed E-state index contributed by atoms with van der Waals surface area (Å²) in [5.41, 5.74) is 0. The molecule has 4 N–H and O–H groups in total. The molecule has 0 aromatic rings. The van der Waals surface area contributed by atoms with Crippen LogP contribution in [0.1, 0.15) is 187 Å². The third kappa shape index (κ3) is 31.0. The Hall–Kier alpha value is -1.43. The van der Waals surface area contributed by atoms with Gasteiger partial charge in [0, 0.05) is 0 Å². The van der Waals surface area contributed by atoms with E-state index in [0.29, 0.717) is 6.42 Å². The second-order valence-electron chi connectivity index (χ2n) is 13.1. The van der Waals surface area contributed by atoms with Crippen LogP contribution in [0.15, 0.2) is 36.5 Å². The molecule has 0 rings (SSSR count). The molecule has 0 aliphatic rings. The molecule has 5 heteroatoms. The van der Waals surface area contributed by atoms with Crippen molar-refractivity contribution in [2.24, 2.45) is 0 Å². The number of amides is 1. The molecule has 0 saturated heterocycles. The van der Waals surface area contributed by atoms with Crippen LogP contribution in [0.2, 0.25) is 0 Å². The molecule has 264 valence electrons. The number of hydrogen-bond acceptors (Lipinski definition) is 4. The van der Waals surface area contributed by atoms with Crippen molar-refractivity contribution in [1.29, 1.82) is 0 Å². The first kappa shape index (κ1) is 43.6. The van der Waals surface area contributed by atoms with Gasteiger partial charge in [0.1, 0.15) is 6.10 Å². The minimum atomic E-state index is -1.12. The molecule has 0 aromatic heterocycles. The molecular formula is C40H75NO4. The molecular weight excluding hydrogens is 558 g/mol. The average molecular weight is 634 g/mol. The fraction of sp³-hybridized carbons (Fsp3) is 0.825. The van der Waals surface area contributed by atoms with E-state index >= 15 is 0 Å². The Kier molecular flexibility index (Phi) is 34.3. The molecule has 45 heavy (non-hydrogen) atoms. The summed E-state index contributed by atoms with van der Waals surface area (Å²) >= 11 is 0. The lowest BCUT2D eigenvalue weighted by atomic mass is 10.0. The summed E-state index contributed by atoms with van der Waals surface area (Å²) in [7, 11) is 0. The predicted molar refractivity (Wildman–Crippen MR) is 194 cm³/mol. The molecule has 0 heterocycles. The minimum absolute atomic E-state index is 0.382. The average Bonchev–Trinajstić information content (AvgIpc) is 3.04. The first-order chi connectivity index (χ1) is 22.1. The minimum Gasteiger partial charge on any atom is -0.394 e. The van der Waals surface area contributed by atoms with Crippen molar-refractivity contribution in [3.63, 3.8) is 0 Å². The first-order valence-electron chi connectivity index (χ1n) is 19.3. The van der Waals surface area contributed by atoms with Crippen LogP contribution < -0.4 is 5.32 Å². The number of carbonyl (C=O) groups excluding carboxylic acids is 1. The number of nitrogens with one attached hydrogen (secondary N) is 1. The Morgan fingerprint density at radius 1 is 0.533 bits per heavy atom. The standard InChI is InChI=1S/C40H75NO4/c1-3-5-7-9-11-13-15-17-18-19-20-21-22-23-25-26-28-30-32-34-38(43)37(36-42)41-40(45)39(44)35-33-31-29-27-24-16-14-12-10-8-6-4-2/h24-27,32,34,37-39,42-44H,3-23,28-31,33,35-36H2,1-2H3,(H,41,45)/b26-25+,27-24-,34-32+. The van der Waals surface area contributed by atoms with Gasteiger partial charge < -0.3 is 20.6 Å². The number of allylic oxidation sites excluding steroid dienone is 5. The maximum atomic E-state index is 12.4. The van der Waals surface area contributed by atoms with E-state index in [4.69, 9.17) is 0 Å². The molecule has 0 saturated carbocycles. The highest BCUT2D eigenvalue weighted by atomic mass is 16.3. The summed E-state index contributed by atoms with van der Waals surface area (Å²) in [6.45, 7) is 4.13. The van der Waals surface area contributed by atoms with Gasteiger partial charge in [-0.15, -0.1) is 0 Å². The maximum absolute atomic E-state index is 12.4. The maximum Gasteiger partial charge on any atom is 0.249 e. The second-order valence-corrected chi connectivity index (χ2v) is 13.1. The van der Waals surface area contributed by atoms with E-state index in [2.05, 4.69) is 43.5 Å². The molecule has 0 aliphatic heterocycles. The van der Waals surface area contributed by atoms with Crippen molar-refractivity contribution < 1.29 is 20.1 Å². The van der Waals surface area contributed by atoms with Gasteiger partial charge in [0.05, 0.1) is 18.8 Å². The van der Waals surface area contributed by atoms with Crippen LogP contribution >= 0.6 is 0 Å². The Morgan fingerprint density at radius 3 is 1.36 bits per heavy atom. The smallest absolute Gasteiger partial charge is 0.249 e. The van der Waals surface area contributed by atoms with Gasteiger partial charge in [0.15, 0.2) is 0 Å². The van der Waals surface area contributed by atoms with Crippen LogP contribution in [0, 0.1) is 0 Å². The van der Waals surface area contributed by atoms with Crippen molar-refractivity contribution >= 4 is 5.91 Å². The molecule has 5 nitrogen and oxygen atoms in total. The molecule has 3 unspecified atom stereocenters. The lowest BCUT2D eigenvalue weighted by Crippen LogP contribution is -2.48. The van der Waals surface area contributed by atoms with Gasteiger partial charge in [0.2, 0.25) is 5.91 Å². The molecule has 0 radical (unpaired) electrons. The van der Waals surface area contributed by atoms with Crippen LogP contribution in [-0.2, 0) is 4.79 Å². The number of unbranched alkanes of at least 4 members (excludes halogenated alkanes) is 22. The van der Waals surface area contributed by atoms with Gasteiger partial charge in [-0.1, -0.05) is 166 Å². The fourth-order valence-corrected chi connectivity index (χ4v) is 5.61. The summed E-state index contributed by atoms with van der Waals surface area (Å²) in [6.07, 6.45) is 43.1. The highest BCUT2D eigenvalue weighted by molar-refractivity contribution is 5.80.